The third kappa shape index (κ3) is 0.981. The van der Waals surface area contributed by atoms with Gasteiger partial charge in [-0.2, -0.15) is 0 Å². The van der Waals surface area contributed by atoms with Crippen LogP contribution < -0.4 is 0 Å². The molecule has 48 valence electrons. The first-order valence-electron chi connectivity index (χ1n) is 3.21. The van der Waals surface area contributed by atoms with Gasteiger partial charge in [0.05, 0.1) is 0 Å². The van der Waals surface area contributed by atoms with Gasteiger partial charge in [0.2, 0.25) is 0 Å². The second kappa shape index (κ2) is 2.24. The Morgan fingerprint density at radius 1 is 1.25 bits per heavy atom. The van der Waals surface area contributed by atoms with Crippen molar-refractivity contribution in [2.75, 3.05) is 13.1 Å². The first-order valence-corrected chi connectivity index (χ1v) is 3.21. The number of hydrogen-bond acceptors (Lipinski definition) is 1. The Kier molecular flexibility index (Phi) is 1.78. The Bertz CT molecular complexity index is 74.6. The van der Waals surface area contributed by atoms with Crippen molar-refractivity contribution in [3.8, 4) is 0 Å². The molecule has 0 bridgehead atoms. The molecule has 2 unspecified atom stereocenters. The number of piperidine rings is 1. The second-order valence-corrected chi connectivity index (χ2v) is 2.64. The van der Waals surface area contributed by atoms with Gasteiger partial charge in [-0.25, -0.2) is 0 Å². The van der Waals surface area contributed by atoms with E-state index in [1.807, 2.05) is 0 Å². The van der Waals surface area contributed by atoms with Crippen molar-refractivity contribution in [1.82, 2.24) is 4.90 Å². The summed E-state index contributed by atoms with van der Waals surface area (Å²) in [5, 5.41) is 0. The number of nitrogens with zero attached hydrogens (tertiary/aromatic N) is 1. The van der Waals surface area contributed by atoms with Crippen LogP contribution in [0.25, 0.3) is 0 Å². The Balaban J connectivity index is 0.000000320. The molecule has 2 aliphatic rings. The summed E-state index contributed by atoms with van der Waals surface area (Å²) in [6, 6.07) is 1.04. The molecule has 2 saturated heterocycles. The molecule has 0 aromatic carbocycles. The van der Waals surface area contributed by atoms with Crippen LogP contribution in [0, 0.1) is 0 Å². The minimum Gasteiger partial charge on any atom is -0.298 e. The summed E-state index contributed by atoms with van der Waals surface area (Å²) in [5.41, 5.74) is 0. The van der Waals surface area contributed by atoms with Crippen LogP contribution in [0.5, 0.6) is 0 Å². The van der Waals surface area contributed by atoms with Crippen LogP contribution in [0.4, 0.5) is 0 Å². The maximum Gasteiger partial charge on any atom is 0.0223 e. The lowest BCUT2D eigenvalue weighted by Gasteiger charge is -2.07. The van der Waals surface area contributed by atoms with Crippen molar-refractivity contribution < 1.29 is 0 Å². The molecule has 1 nitrogen and oxygen atoms in total. The van der Waals surface area contributed by atoms with Crippen LogP contribution in [0.1, 0.15) is 19.3 Å². The molecule has 0 aromatic rings. The predicted molar refractivity (Wildman–Crippen MR) is 36.5 cm³/mol. The molecule has 0 saturated carbocycles. The smallest absolute Gasteiger partial charge is 0.0223 e. The Morgan fingerprint density at radius 2 is 2.12 bits per heavy atom. The van der Waals surface area contributed by atoms with E-state index in [4.69, 9.17) is 0 Å². The maximum absolute atomic E-state index is 2.56. The maximum atomic E-state index is 2.56. The fourth-order valence-electron chi connectivity index (χ4n) is 1.47. The van der Waals surface area contributed by atoms with Crippen molar-refractivity contribution in [2.24, 2.45) is 0 Å². The molecule has 0 amide bonds. The summed E-state index contributed by atoms with van der Waals surface area (Å²) in [5.74, 6) is 0. The zero-order valence-corrected chi connectivity index (χ0v) is 5.78. The molecule has 2 aliphatic heterocycles. The second-order valence-electron chi connectivity index (χ2n) is 2.64. The highest BCUT2D eigenvalue weighted by Crippen LogP contribution is 2.27. The summed E-state index contributed by atoms with van der Waals surface area (Å²) in [7, 11) is 0. The van der Waals surface area contributed by atoms with Crippen molar-refractivity contribution in [3.63, 3.8) is 0 Å². The van der Waals surface area contributed by atoms with Gasteiger partial charge >= 0.3 is 0 Å². The van der Waals surface area contributed by atoms with Crippen LogP contribution >= 0.6 is 12.4 Å². The largest absolute Gasteiger partial charge is 0.298 e. The molecule has 0 aromatic heterocycles. The zero-order chi connectivity index (χ0) is 4.69. The summed E-state index contributed by atoms with van der Waals surface area (Å²) in [6.45, 7) is 2.81. The molecule has 2 heteroatoms. The lowest BCUT2D eigenvalue weighted by atomic mass is 10.1. The summed E-state index contributed by atoms with van der Waals surface area (Å²) >= 11 is 0. The molecule has 2 fully saturated rings. The van der Waals surface area contributed by atoms with Gasteiger partial charge in [0.1, 0.15) is 0 Å². The average Bonchev–Trinajstić information content (AvgIpc) is 2.41. The van der Waals surface area contributed by atoms with Gasteiger partial charge in [-0.3, -0.25) is 4.90 Å². The Hall–Kier alpha value is 0.250. The molecule has 0 spiro atoms. The normalized spacial score (nSPS) is 42.0. The lowest BCUT2D eigenvalue weighted by molar-refractivity contribution is 0.410. The third-order valence-corrected chi connectivity index (χ3v) is 2.06. The fourth-order valence-corrected chi connectivity index (χ4v) is 1.47. The average molecular weight is 134 g/mol. The van der Waals surface area contributed by atoms with Crippen molar-refractivity contribution in [2.45, 2.75) is 25.3 Å². The predicted octanol–water partition coefficient (Wildman–Crippen LogP) is 1.28. The van der Waals surface area contributed by atoms with E-state index in [2.05, 4.69) is 4.90 Å². The number of rotatable bonds is 0. The van der Waals surface area contributed by atoms with Crippen molar-refractivity contribution >= 4 is 12.4 Å². The van der Waals surface area contributed by atoms with E-state index >= 15 is 0 Å². The fraction of sp³-hybridized carbons (Fsp3) is 1.00. The van der Waals surface area contributed by atoms with Gasteiger partial charge in [0.25, 0.3) is 0 Å². The zero-order valence-electron chi connectivity index (χ0n) is 4.97. The molecule has 2 atom stereocenters. The third-order valence-electron chi connectivity index (χ3n) is 2.06. The molecule has 0 N–H and O–H groups in total. The van der Waals surface area contributed by atoms with Gasteiger partial charge < -0.3 is 0 Å². The molecular formula is C6H12ClN. The molecule has 0 radical (unpaired) electrons. The minimum atomic E-state index is 0. The van der Waals surface area contributed by atoms with Crippen LogP contribution in [-0.4, -0.2) is 24.0 Å². The minimum absolute atomic E-state index is 0. The number of fused-ring (bicyclic) bond motifs is 1. The van der Waals surface area contributed by atoms with E-state index in [0.29, 0.717) is 0 Å². The highest BCUT2D eigenvalue weighted by molar-refractivity contribution is 5.85. The SMILES string of the molecule is C1CCN2CC2C1.Cl. The van der Waals surface area contributed by atoms with Crippen LogP contribution in [0.2, 0.25) is 0 Å². The standard InChI is InChI=1S/C6H11N.ClH/c1-2-4-7-5-6(7)3-1;/h6H,1-5H2;1H. The summed E-state index contributed by atoms with van der Waals surface area (Å²) in [4.78, 5) is 2.56. The van der Waals surface area contributed by atoms with Crippen LogP contribution in [0.3, 0.4) is 0 Å². The summed E-state index contributed by atoms with van der Waals surface area (Å²) < 4.78 is 0. The monoisotopic (exact) mass is 133 g/mol. The molecule has 8 heavy (non-hydrogen) atoms. The van der Waals surface area contributed by atoms with E-state index in [-0.39, 0.29) is 12.4 Å². The van der Waals surface area contributed by atoms with E-state index < -0.39 is 0 Å². The Labute approximate surface area is 56.5 Å². The first kappa shape index (κ1) is 6.37. The first-order chi connectivity index (χ1) is 3.47. The molecule has 2 rings (SSSR count). The van der Waals surface area contributed by atoms with Gasteiger partial charge in [-0.1, -0.05) is 6.42 Å². The number of hydrogen-bond donors (Lipinski definition) is 0. The van der Waals surface area contributed by atoms with Gasteiger partial charge in [0.15, 0.2) is 0 Å². The topological polar surface area (TPSA) is 3.01 Å². The van der Waals surface area contributed by atoms with Gasteiger partial charge in [-0.05, 0) is 19.4 Å². The molecule has 0 aliphatic carbocycles. The van der Waals surface area contributed by atoms with Crippen molar-refractivity contribution in [1.29, 1.82) is 0 Å². The lowest BCUT2D eigenvalue weighted by Crippen LogP contribution is -2.09. The molecule has 2 heterocycles. The highest BCUT2D eigenvalue weighted by atomic mass is 35.5. The van der Waals surface area contributed by atoms with E-state index in [1.54, 1.807) is 0 Å². The van der Waals surface area contributed by atoms with Crippen LogP contribution in [0.15, 0.2) is 0 Å². The van der Waals surface area contributed by atoms with Crippen molar-refractivity contribution in [3.05, 3.63) is 0 Å². The van der Waals surface area contributed by atoms with Gasteiger partial charge in [-0.15, -0.1) is 12.4 Å². The summed E-state index contributed by atoms with van der Waals surface area (Å²) in [6.07, 6.45) is 4.43. The molecular weight excluding hydrogens is 122 g/mol. The quantitative estimate of drug-likeness (QED) is 0.450. The van der Waals surface area contributed by atoms with E-state index in [0.717, 1.165) is 6.04 Å². The van der Waals surface area contributed by atoms with Gasteiger partial charge in [0, 0.05) is 12.6 Å². The van der Waals surface area contributed by atoms with E-state index in [1.165, 1.54) is 32.4 Å². The van der Waals surface area contributed by atoms with Crippen LogP contribution in [-0.2, 0) is 0 Å². The number of halogens is 1. The highest BCUT2D eigenvalue weighted by Gasteiger charge is 2.34. The Morgan fingerprint density at radius 3 is 2.62 bits per heavy atom. The van der Waals surface area contributed by atoms with E-state index in [9.17, 15) is 0 Å².